The molecule has 0 aliphatic carbocycles. The van der Waals surface area contributed by atoms with Crippen LogP contribution in [0.4, 0.5) is 23.4 Å². The average molecular weight is 502 g/mol. The van der Waals surface area contributed by atoms with Crippen molar-refractivity contribution in [1.82, 2.24) is 20.1 Å². The Bertz CT molecular complexity index is 1370. The number of anilines is 1. The molecule has 0 saturated carbocycles. The number of nitrogens with two attached hydrogens (primary N) is 1. The van der Waals surface area contributed by atoms with E-state index in [4.69, 9.17) is 10.6 Å². The Morgan fingerprint density at radius 3 is 2.42 bits per heavy atom. The number of ether oxygens (including phenoxy) is 1. The van der Waals surface area contributed by atoms with Gasteiger partial charge in [0.2, 0.25) is 0 Å². The molecule has 0 bridgehead atoms. The Hall–Kier alpha value is -4.19. The number of amides is 1. The number of benzene rings is 2. The number of hydrazine groups is 1. The molecule has 0 spiro atoms. The summed E-state index contributed by atoms with van der Waals surface area (Å²) < 4.78 is 62.4. The summed E-state index contributed by atoms with van der Waals surface area (Å²) in [5.41, 5.74) is 3.84. The molecular weight excluding hydrogens is 480 g/mol. The van der Waals surface area contributed by atoms with Crippen molar-refractivity contribution in [2.75, 3.05) is 5.43 Å². The summed E-state index contributed by atoms with van der Waals surface area (Å²) in [6, 6.07) is 10.0. The second kappa shape index (κ2) is 9.82. The molecule has 188 valence electrons. The van der Waals surface area contributed by atoms with Crippen LogP contribution in [-0.4, -0.2) is 32.6 Å². The molecule has 2 heterocycles. The normalized spacial score (nSPS) is 13.3. The third-order valence-corrected chi connectivity index (χ3v) is 5.37. The summed E-state index contributed by atoms with van der Waals surface area (Å²) >= 11 is 0. The van der Waals surface area contributed by atoms with Gasteiger partial charge in [-0.1, -0.05) is 0 Å². The van der Waals surface area contributed by atoms with Crippen molar-refractivity contribution < 1.29 is 27.1 Å². The lowest BCUT2D eigenvalue weighted by atomic mass is 10.0. The minimum Gasteiger partial charge on any atom is -0.484 e. The first-order valence-electron chi connectivity index (χ1n) is 10.8. The smallest absolute Gasteiger partial charge is 0.321 e. The lowest BCUT2D eigenvalue weighted by molar-refractivity contribution is -0.144. The molecule has 2 atom stereocenters. The van der Waals surface area contributed by atoms with Gasteiger partial charge in [-0.15, -0.1) is 0 Å². The fourth-order valence-electron chi connectivity index (χ4n) is 3.64. The maximum atomic E-state index is 13.9. The van der Waals surface area contributed by atoms with E-state index in [1.165, 1.54) is 6.92 Å². The number of carbonyl (C=O) groups is 1. The zero-order valence-corrected chi connectivity index (χ0v) is 19.2. The lowest BCUT2D eigenvalue weighted by Crippen LogP contribution is -2.46. The minimum absolute atomic E-state index is 0.0233. The molecule has 0 aliphatic heterocycles. The molecule has 0 radical (unpaired) electrons. The molecule has 4 N–H and O–H groups in total. The lowest BCUT2D eigenvalue weighted by Gasteiger charge is -2.27. The van der Waals surface area contributed by atoms with Crippen LogP contribution in [0.1, 0.15) is 25.5 Å². The molecule has 12 heteroatoms. The predicted octanol–water partition coefficient (Wildman–Crippen LogP) is 4.26. The zero-order chi connectivity index (χ0) is 26.0. The van der Waals surface area contributed by atoms with Crippen LogP contribution < -0.4 is 21.3 Å². The van der Waals surface area contributed by atoms with Crippen molar-refractivity contribution in [3.8, 4) is 11.4 Å². The largest absolute Gasteiger partial charge is 0.484 e. The Kier molecular flexibility index (Phi) is 6.80. The van der Waals surface area contributed by atoms with E-state index < -0.39 is 35.6 Å². The van der Waals surface area contributed by atoms with Crippen LogP contribution in [0.5, 0.6) is 5.75 Å². The van der Waals surface area contributed by atoms with Crippen molar-refractivity contribution in [2.24, 2.45) is 5.84 Å². The number of nitrogens with zero attached hydrogens (tertiary/aromatic N) is 3. The first kappa shape index (κ1) is 24.9. The molecule has 0 fully saturated rings. The number of hydrogen-bond acceptors (Lipinski definition) is 6. The van der Waals surface area contributed by atoms with Gasteiger partial charge in [0, 0.05) is 23.9 Å². The van der Waals surface area contributed by atoms with E-state index in [0.717, 1.165) is 12.1 Å². The molecule has 8 nitrogen and oxygen atoms in total. The highest BCUT2D eigenvalue weighted by atomic mass is 19.3. The molecule has 0 aliphatic rings. The van der Waals surface area contributed by atoms with Gasteiger partial charge in [0.05, 0.1) is 29.6 Å². The van der Waals surface area contributed by atoms with E-state index in [2.05, 4.69) is 20.8 Å². The Morgan fingerprint density at radius 2 is 1.81 bits per heavy atom. The van der Waals surface area contributed by atoms with Crippen molar-refractivity contribution in [1.29, 1.82) is 0 Å². The van der Waals surface area contributed by atoms with Gasteiger partial charge in [-0.3, -0.25) is 4.79 Å². The van der Waals surface area contributed by atoms with Crippen LogP contribution >= 0.6 is 0 Å². The topological polar surface area (TPSA) is 107 Å². The van der Waals surface area contributed by atoms with E-state index in [1.807, 2.05) is 0 Å². The van der Waals surface area contributed by atoms with Gasteiger partial charge in [-0.05, 0) is 49.4 Å². The summed E-state index contributed by atoms with van der Waals surface area (Å²) in [6.07, 6.45) is 1.97. The molecular formula is C24H22F4N6O2. The van der Waals surface area contributed by atoms with Crippen molar-refractivity contribution in [3.05, 3.63) is 78.1 Å². The summed E-state index contributed by atoms with van der Waals surface area (Å²) in [6.45, 7) is 1.86. The van der Waals surface area contributed by atoms with Crippen LogP contribution in [-0.2, 0) is 4.79 Å². The molecule has 4 aromatic rings. The highest BCUT2D eigenvalue weighted by molar-refractivity contribution is 5.83. The zero-order valence-electron chi connectivity index (χ0n) is 19.2. The Morgan fingerprint density at radius 1 is 1.08 bits per heavy atom. The minimum atomic E-state index is -3.65. The number of alkyl halides is 2. The van der Waals surface area contributed by atoms with Gasteiger partial charge in [0.1, 0.15) is 29.3 Å². The van der Waals surface area contributed by atoms with Gasteiger partial charge in [-0.25, -0.2) is 24.3 Å². The second-order valence-corrected chi connectivity index (χ2v) is 8.21. The van der Waals surface area contributed by atoms with E-state index >= 15 is 0 Å². The van der Waals surface area contributed by atoms with Gasteiger partial charge in [0.15, 0.2) is 0 Å². The van der Waals surface area contributed by atoms with Crippen LogP contribution in [0.2, 0.25) is 0 Å². The van der Waals surface area contributed by atoms with Crippen LogP contribution in [0.3, 0.4) is 0 Å². The molecule has 0 saturated heterocycles. The molecule has 1 amide bonds. The van der Waals surface area contributed by atoms with Gasteiger partial charge >= 0.3 is 5.92 Å². The number of rotatable bonds is 8. The summed E-state index contributed by atoms with van der Waals surface area (Å²) in [4.78, 5) is 16.0. The van der Waals surface area contributed by atoms with E-state index in [9.17, 15) is 22.4 Å². The molecule has 2 aromatic carbocycles. The van der Waals surface area contributed by atoms with Crippen molar-refractivity contribution >= 4 is 22.6 Å². The highest BCUT2D eigenvalue weighted by Crippen LogP contribution is 2.30. The molecule has 4 rings (SSSR count). The number of nitrogen functional groups attached to an aromatic ring is 1. The SMILES string of the molecule is C[C@H](NC(=O)C(C)(F)F)[C@H](Oc1ccc2c(cnn2-c2ccc(NN)nc2)c1)c1cc(F)cc(F)c1. The average Bonchev–Trinajstić information content (AvgIpc) is 3.24. The quantitative estimate of drug-likeness (QED) is 0.189. The predicted molar refractivity (Wildman–Crippen MR) is 125 cm³/mol. The third kappa shape index (κ3) is 5.38. The fourth-order valence-corrected chi connectivity index (χ4v) is 3.64. The maximum absolute atomic E-state index is 13.9. The maximum Gasteiger partial charge on any atom is 0.321 e. The number of carbonyl (C=O) groups excluding carboxylic acids is 1. The summed E-state index contributed by atoms with van der Waals surface area (Å²) in [5, 5.41) is 7.17. The number of nitrogens with one attached hydrogen (secondary N) is 2. The number of hydrogen-bond donors (Lipinski definition) is 3. The van der Waals surface area contributed by atoms with E-state index in [-0.39, 0.29) is 11.3 Å². The van der Waals surface area contributed by atoms with Gasteiger partial charge < -0.3 is 15.5 Å². The summed E-state index contributed by atoms with van der Waals surface area (Å²) in [7, 11) is 0. The molecule has 0 unspecified atom stereocenters. The number of halogens is 4. The van der Waals surface area contributed by atoms with E-state index in [0.29, 0.717) is 35.4 Å². The van der Waals surface area contributed by atoms with Crippen LogP contribution in [0.25, 0.3) is 16.6 Å². The number of aromatic nitrogens is 3. The van der Waals surface area contributed by atoms with E-state index in [1.54, 1.807) is 47.4 Å². The molecule has 2 aromatic heterocycles. The Balaban J connectivity index is 1.66. The van der Waals surface area contributed by atoms with Crippen LogP contribution in [0, 0.1) is 11.6 Å². The standard InChI is InChI=1S/C24H22F4N6O2/c1-13(32-23(35)24(2,27)28)22(14-7-16(25)10-17(26)8-14)36-19-4-5-20-15(9-19)11-31-34(20)18-3-6-21(33-29)30-12-18/h3-13,22H,29H2,1-2H3,(H,30,33)(H,32,35)/t13-,22-/m0/s1. The first-order valence-corrected chi connectivity index (χ1v) is 10.8. The third-order valence-electron chi connectivity index (χ3n) is 5.37. The second-order valence-electron chi connectivity index (χ2n) is 8.21. The highest BCUT2D eigenvalue weighted by Gasteiger charge is 2.35. The van der Waals surface area contributed by atoms with Gasteiger partial charge in [0.25, 0.3) is 5.91 Å². The fraction of sp³-hybridized carbons (Fsp3) is 0.208. The molecule has 36 heavy (non-hydrogen) atoms. The van der Waals surface area contributed by atoms with Crippen LogP contribution in [0.15, 0.2) is 60.9 Å². The van der Waals surface area contributed by atoms with Crippen molar-refractivity contribution in [3.63, 3.8) is 0 Å². The number of pyridine rings is 1. The van der Waals surface area contributed by atoms with Crippen molar-refractivity contribution in [2.45, 2.75) is 31.9 Å². The monoisotopic (exact) mass is 502 g/mol. The Labute approximate surface area is 203 Å². The van der Waals surface area contributed by atoms with Gasteiger partial charge in [-0.2, -0.15) is 13.9 Å². The first-order chi connectivity index (χ1) is 17.0. The number of fused-ring (bicyclic) bond motifs is 1. The summed E-state index contributed by atoms with van der Waals surface area (Å²) in [5.74, 6) is -0.850.